The molecule has 0 unspecified atom stereocenters. The molecule has 1 N–H and O–H groups in total. The van der Waals surface area contributed by atoms with E-state index in [1.807, 2.05) is 24.5 Å². The lowest BCUT2D eigenvalue weighted by atomic mass is 10.0. The van der Waals surface area contributed by atoms with Gasteiger partial charge in [0.1, 0.15) is 11.6 Å². The maximum absolute atomic E-state index is 14.0. The molecule has 1 aliphatic rings. The number of carbonyl (C=O) groups excluding carboxylic acids is 1. The molecule has 4 rings (SSSR count). The third-order valence-electron chi connectivity index (χ3n) is 5.89. The van der Waals surface area contributed by atoms with Crippen molar-refractivity contribution in [3.63, 3.8) is 0 Å². The van der Waals surface area contributed by atoms with Gasteiger partial charge in [0.25, 0.3) is 5.91 Å². The molecule has 0 spiro atoms. The fourth-order valence-electron chi connectivity index (χ4n) is 4.06. The lowest BCUT2D eigenvalue weighted by Gasteiger charge is -2.26. The maximum Gasteiger partial charge on any atom is 0.259 e. The highest BCUT2D eigenvalue weighted by Gasteiger charge is 2.33. The second kappa shape index (κ2) is 10.0. The first kappa shape index (κ1) is 24.1. The summed E-state index contributed by atoms with van der Waals surface area (Å²) >= 11 is 1.56. The molecule has 2 aromatic heterocycles. The van der Waals surface area contributed by atoms with Crippen molar-refractivity contribution in [2.45, 2.75) is 37.0 Å². The lowest BCUT2D eigenvalue weighted by Crippen LogP contribution is -2.30. The molecule has 0 bridgehead atoms. The molecule has 0 saturated carbocycles. The van der Waals surface area contributed by atoms with Crippen LogP contribution in [-0.2, 0) is 0 Å². The average Bonchev–Trinajstić information content (AvgIpc) is 3.00. The Labute approximate surface area is 200 Å². The third-order valence-corrected chi connectivity index (χ3v) is 6.62. The van der Waals surface area contributed by atoms with Crippen LogP contribution in [0.4, 0.5) is 24.7 Å². The van der Waals surface area contributed by atoms with Crippen molar-refractivity contribution in [3.05, 3.63) is 65.7 Å². The van der Waals surface area contributed by atoms with Gasteiger partial charge in [-0.15, -0.1) is 11.8 Å². The van der Waals surface area contributed by atoms with E-state index >= 15 is 0 Å². The van der Waals surface area contributed by atoms with Crippen molar-refractivity contribution in [3.8, 4) is 11.3 Å². The van der Waals surface area contributed by atoms with E-state index in [1.165, 1.54) is 12.1 Å². The molecule has 178 valence electrons. The van der Waals surface area contributed by atoms with Gasteiger partial charge in [-0.1, -0.05) is 6.07 Å². The Bertz CT molecular complexity index is 1190. The van der Waals surface area contributed by atoms with Crippen LogP contribution < -0.4 is 10.2 Å². The number of benzene rings is 1. The highest BCUT2D eigenvalue weighted by atomic mass is 32.2. The van der Waals surface area contributed by atoms with Crippen molar-refractivity contribution in [1.29, 1.82) is 0 Å². The Morgan fingerprint density at radius 2 is 1.94 bits per heavy atom. The predicted molar refractivity (Wildman–Crippen MR) is 129 cm³/mol. The summed E-state index contributed by atoms with van der Waals surface area (Å²) < 4.78 is 41.4. The van der Waals surface area contributed by atoms with Gasteiger partial charge in [0.05, 0.1) is 17.5 Å². The molecule has 3 heterocycles. The number of nitrogens with zero attached hydrogens (tertiary/aromatic N) is 3. The number of halogens is 3. The molecule has 1 amide bonds. The molecule has 1 aliphatic heterocycles. The molecule has 1 aromatic carbocycles. The molecule has 0 radical (unpaired) electrons. The van der Waals surface area contributed by atoms with E-state index in [0.29, 0.717) is 46.9 Å². The Morgan fingerprint density at radius 1 is 1.12 bits per heavy atom. The van der Waals surface area contributed by atoms with Gasteiger partial charge in [-0.3, -0.25) is 9.78 Å². The topological polar surface area (TPSA) is 58.1 Å². The van der Waals surface area contributed by atoms with E-state index in [0.717, 1.165) is 11.1 Å². The second-order valence-electron chi connectivity index (χ2n) is 8.24. The van der Waals surface area contributed by atoms with Crippen LogP contribution in [-0.4, -0.2) is 41.1 Å². The van der Waals surface area contributed by atoms with Gasteiger partial charge in [-0.05, 0) is 55.5 Å². The highest BCUT2D eigenvalue weighted by molar-refractivity contribution is 7.98. The molecular formula is C25H25F3N4OS. The van der Waals surface area contributed by atoms with Gasteiger partial charge in [-0.2, -0.15) is 0 Å². The number of anilines is 2. The standard InChI is InChI=1S/C25H25F3N4OS/c1-16-20(21-8-7-17(26)14-29-21)15-30-23(32-11-4-9-25(27,28)10-12-32)22(16)24(33)31-18-5-3-6-19(13-18)34-2/h3,5-8,13-15H,4,9-12H2,1-2H3,(H,31,33). The summed E-state index contributed by atoms with van der Waals surface area (Å²) in [6.07, 6.45) is 4.42. The zero-order valence-electron chi connectivity index (χ0n) is 18.9. The smallest absolute Gasteiger partial charge is 0.259 e. The second-order valence-corrected chi connectivity index (χ2v) is 9.12. The Hall–Kier alpha value is -3.07. The number of hydrogen-bond donors (Lipinski definition) is 1. The highest BCUT2D eigenvalue weighted by Crippen LogP contribution is 2.34. The number of nitrogens with one attached hydrogen (secondary N) is 1. The minimum atomic E-state index is -2.73. The summed E-state index contributed by atoms with van der Waals surface area (Å²) in [5, 5.41) is 2.93. The fourth-order valence-corrected chi connectivity index (χ4v) is 4.52. The van der Waals surface area contributed by atoms with Gasteiger partial charge < -0.3 is 10.2 Å². The predicted octanol–water partition coefficient (Wildman–Crippen LogP) is 6.19. The third kappa shape index (κ3) is 5.35. The van der Waals surface area contributed by atoms with Crippen molar-refractivity contribution in [2.75, 3.05) is 29.6 Å². The number of pyridine rings is 2. The Kier molecular flexibility index (Phi) is 7.11. The van der Waals surface area contributed by atoms with Gasteiger partial charge in [0.2, 0.25) is 5.92 Å². The molecule has 34 heavy (non-hydrogen) atoms. The molecule has 3 aromatic rings. The molecule has 1 saturated heterocycles. The normalized spacial score (nSPS) is 15.6. The molecule has 0 aliphatic carbocycles. The SMILES string of the molecule is CSc1cccc(NC(=O)c2c(N3CCCC(F)(F)CC3)ncc(-c3ccc(F)cn3)c2C)c1. The van der Waals surface area contributed by atoms with Crippen molar-refractivity contribution in [1.82, 2.24) is 9.97 Å². The molecule has 5 nitrogen and oxygen atoms in total. The summed E-state index contributed by atoms with van der Waals surface area (Å²) in [5.41, 5.74) is 2.56. The van der Waals surface area contributed by atoms with Crippen LogP contribution in [0.2, 0.25) is 0 Å². The Balaban J connectivity index is 1.76. The zero-order chi connectivity index (χ0) is 24.3. The zero-order valence-corrected chi connectivity index (χ0v) is 19.8. The van der Waals surface area contributed by atoms with E-state index in [2.05, 4.69) is 15.3 Å². The van der Waals surface area contributed by atoms with Crippen LogP contribution in [0.3, 0.4) is 0 Å². The molecule has 0 atom stereocenters. The van der Waals surface area contributed by atoms with Crippen LogP contribution >= 0.6 is 11.8 Å². The summed E-state index contributed by atoms with van der Waals surface area (Å²) in [5.74, 6) is -3.23. The number of amides is 1. The van der Waals surface area contributed by atoms with Crippen LogP contribution in [0.5, 0.6) is 0 Å². The quantitative estimate of drug-likeness (QED) is 0.436. The number of thioether (sulfide) groups is 1. The molecular weight excluding hydrogens is 461 g/mol. The summed E-state index contributed by atoms with van der Waals surface area (Å²) in [6.45, 7) is 2.24. The monoisotopic (exact) mass is 486 g/mol. The summed E-state index contributed by atoms with van der Waals surface area (Å²) in [7, 11) is 0. The largest absolute Gasteiger partial charge is 0.356 e. The first-order chi connectivity index (χ1) is 16.3. The van der Waals surface area contributed by atoms with Crippen LogP contribution in [0.15, 0.2) is 53.7 Å². The van der Waals surface area contributed by atoms with Crippen LogP contribution in [0.1, 0.15) is 35.2 Å². The van der Waals surface area contributed by atoms with Crippen LogP contribution in [0.25, 0.3) is 11.3 Å². The minimum Gasteiger partial charge on any atom is -0.356 e. The van der Waals surface area contributed by atoms with E-state index in [-0.39, 0.29) is 19.4 Å². The number of rotatable bonds is 5. The van der Waals surface area contributed by atoms with Gasteiger partial charge in [0.15, 0.2) is 0 Å². The number of carbonyl (C=O) groups is 1. The number of alkyl halides is 2. The number of hydrogen-bond acceptors (Lipinski definition) is 5. The summed E-state index contributed by atoms with van der Waals surface area (Å²) in [6, 6.07) is 10.3. The fraction of sp³-hybridized carbons (Fsp3) is 0.320. The molecule has 9 heteroatoms. The molecule has 1 fully saturated rings. The van der Waals surface area contributed by atoms with Crippen molar-refractivity contribution >= 4 is 29.2 Å². The first-order valence-corrected chi connectivity index (χ1v) is 12.2. The van der Waals surface area contributed by atoms with Crippen molar-refractivity contribution < 1.29 is 18.0 Å². The van der Waals surface area contributed by atoms with E-state index in [4.69, 9.17) is 0 Å². The van der Waals surface area contributed by atoms with E-state index in [9.17, 15) is 18.0 Å². The number of aromatic nitrogens is 2. The van der Waals surface area contributed by atoms with E-state index < -0.39 is 17.6 Å². The van der Waals surface area contributed by atoms with Gasteiger partial charge in [-0.25, -0.2) is 18.2 Å². The van der Waals surface area contributed by atoms with Gasteiger partial charge >= 0.3 is 0 Å². The maximum atomic E-state index is 14.0. The first-order valence-electron chi connectivity index (χ1n) is 11.0. The Morgan fingerprint density at radius 3 is 2.68 bits per heavy atom. The lowest BCUT2D eigenvalue weighted by molar-refractivity contribution is -0.0102. The average molecular weight is 487 g/mol. The van der Waals surface area contributed by atoms with Crippen LogP contribution in [0, 0.1) is 12.7 Å². The van der Waals surface area contributed by atoms with E-state index in [1.54, 1.807) is 35.8 Å². The van der Waals surface area contributed by atoms with Gasteiger partial charge in [0, 0.05) is 48.3 Å². The minimum absolute atomic E-state index is 0.0931. The van der Waals surface area contributed by atoms with Crippen molar-refractivity contribution in [2.24, 2.45) is 0 Å². The summed E-state index contributed by atoms with van der Waals surface area (Å²) in [4.78, 5) is 24.9.